The van der Waals surface area contributed by atoms with Crippen LogP contribution in [0.2, 0.25) is 0 Å². The Morgan fingerprint density at radius 2 is 2.00 bits per heavy atom. The van der Waals surface area contributed by atoms with E-state index in [0.29, 0.717) is 11.8 Å². The minimum absolute atomic E-state index is 0.290. The number of aromatic nitrogens is 4. The van der Waals surface area contributed by atoms with Gasteiger partial charge in [-0.2, -0.15) is 0 Å². The van der Waals surface area contributed by atoms with E-state index in [1.165, 1.54) is 5.56 Å². The molecule has 1 saturated heterocycles. The maximum absolute atomic E-state index is 5.91. The van der Waals surface area contributed by atoms with Gasteiger partial charge in [-0.05, 0) is 49.2 Å². The summed E-state index contributed by atoms with van der Waals surface area (Å²) in [6, 6.07) is 7.94. The highest BCUT2D eigenvalue weighted by atomic mass is 16.4. The first-order valence-corrected chi connectivity index (χ1v) is 8.23. The molecule has 24 heavy (non-hydrogen) atoms. The van der Waals surface area contributed by atoms with Gasteiger partial charge in [-0.15, -0.1) is 10.2 Å². The summed E-state index contributed by atoms with van der Waals surface area (Å²) in [5, 5.41) is 8.46. The van der Waals surface area contributed by atoms with Crippen LogP contribution in [0.5, 0.6) is 0 Å². The number of nitrogens with zero attached hydrogens (tertiary/aromatic N) is 5. The van der Waals surface area contributed by atoms with Crippen LogP contribution in [0.25, 0.3) is 11.5 Å². The average molecular weight is 321 g/mol. The van der Waals surface area contributed by atoms with Crippen molar-refractivity contribution >= 4 is 0 Å². The summed E-state index contributed by atoms with van der Waals surface area (Å²) in [4.78, 5) is 10.6. The van der Waals surface area contributed by atoms with Crippen molar-refractivity contribution in [3.8, 4) is 11.5 Å². The first kappa shape index (κ1) is 15.0. The fraction of sp³-hybridized carbons (Fsp3) is 0.333. The zero-order valence-electron chi connectivity index (χ0n) is 13.4. The largest absolute Gasteiger partial charge is 0.420 e. The predicted octanol–water partition coefficient (Wildman–Crippen LogP) is 2.91. The number of rotatable bonds is 4. The standard InChI is InChI=1S/C18H19N5O/c1-3-15(11-20-7-1)17-21-22-18(24-17)16-4-2-10-23(13-16)12-14-5-8-19-9-6-14/h1,3,5-9,11,16H,2,4,10,12-13H2/t16-/m0/s1. The van der Waals surface area contributed by atoms with Crippen LogP contribution in [0, 0.1) is 0 Å². The molecular weight excluding hydrogens is 302 g/mol. The molecule has 0 saturated carbocycles. The van der Waals surface area contributed by atoms with Gasteiger partial charge in [0.1, 0.15) is 0 Å². The van der Waals surface area contributed by atoms with Crippen molar-refractivity contribution < 1.29 is 4.42 Å². The Labute approximate surface area is 140 Å². The second kappa shape index (κ2) is 6.88. The Balaban J connectivity index is 1.45. The van der Waals surface area contributed by atoms with Crippen molar-refractivity contribution in [3.63, 3.8) is 0 Å². The summed E-state index contributed by atoms with van der Waals surface area (Å²) in [6.45, 7) is 2.97. The first-order valence-electron chi connectivity index (χ1n) is 8.23. The van der Waals surface area contributed by atoms with Gasteiger partial charge in [0.2, 0.25) is 11.8 Å². The smallest absolute Gasteiger partial charge is 0.249 e. The molecule has 0 aromatic carbocycles. The number of hydrogen-bond donors (Lipinski definition) is 0. The molecule has 0 amide bonds. The van der Waals surface area contributed by atoms with Crippen LogP contribution >= 0.6 is 0 Å². The molecule has 0 radical (unpaired) electrons. The Morgan fingerprint density at radius 3 is 2.83 bits per heavy atom. The monoisotopic (exact) mass is 321 g/mol. The maximum Gasteiger partial charge on any atom is 0.249 e. The minimum atomic E-state index is 0.290. The van der Waals surface area contributed by atoms with Crippen LogP contribution < -0.4 is 0 Å². The molecule has 0 spiro atoms. The second-order valence-corrected chi connectivity index (χ2v) is 6.12. The van der Waals surface area contributed by atoms with Gasteiger partial charge in [0, 0.05) is 37.9 Å². The van der Waals surface area contributed by atoms with Crippen molar-refractivity contribution in [1.29, 1.82) is 0 Å². The topological polar surface area (TPSA) is 67.9 Å². The predicted molar refractivity (Wildman–Crippen MR) is 89.0 cm³/mol. The van der Waals surface area contributed by atoms with Gasteiger partial charge in [-0.1, -0.05) is 0 Å². The van der Waals surface area contributed by atoms with Crippen molar-refractivity contribution in [3.05, 3.63) is 60.5 Å². The van der Waals surface area contributed by atoms with Crippen LogP contribution in [0.3, 0.4) is 0 Å². The summed E-state index contributed by atoms with van der Waals surface area (Å²) in [5.74, 6) is 1.57. The molecule has 3 aromatic rings. The molecule has 0 N–H and O–H groups in total. The van der Waals surface area contributed by atoms with E-state index >= 15 is 0 Å². The summed E-state index contributed by atoms with van der Waals surface area (Å²) in [5.41, 5.74) is 2.15. The molecule has 3 aromatic heterocycles. The van der Waals surface area contributed by atoms with E-state index in [1.807, 2.05) is 24.5 Å². The van der Waals surface area contributed by atoms with Crippen molar-refractivity contribution in [2.24, 2.45) is 0 Å². The highest BCUT2D eigenvalue weighted by molar-refractivity contribution is 5.50. The van der Waals surface area contributed by atoms with E-state index < -0.39 is 0 Å². The van der Waals surface area contributed by atoms with E-state index in [-0.39, 0.29) is 0 Å². The molecule has 1 atom stereocenters. The fourth-order valence-electron chi connectivity index (χ4n) is 3.15. The third-order valence-electron chi connectivity index (χ3n) is 4.36. The Bertz CT molecular complexity index is 774. The molecule has 1 fully saturated rings. The fourth-order valence-corrected chi connectivity index (χ4v) is 3.15. The molecule has 0 aliphatic carbocycles. The minimum Gasteiger partial charge on any atom is -0.420 e. The molecule has 122 valence electrons. The third kappa shape index (κ3) is 3.33. The third-order valence-corrected chi connectivity index (χ3v) is 4.36. The maximum atomic E-state index is 5.91. The Kier molecular flexibility index (Phi) is 4.29. The van der Waals surface area contributed by atoms with Crippen LogP contribution in [0.4, 0.5) is 0 Å². The van der Waals surface area contributed by atoms with Gasteiger partial charge in [0.25, 0.3) is 0 Å². The lowest BCUT2D eigenvalue weighted by Crippen LogP contribution is -2.34. The number of hydrogen-bond acceptors (Lipinski definition) is 6. The highest BCUT2D eigenvalue weighted by Crippen LogP contribution is 2.28. The molecule has 6 heteroatoms. The SMILES string of the molecule is c1cncc(-c2nnc([C@H]3CCCN(Cc4ccncc4)C3)o2)c1. The zero-order valence-corrected chi connectivity index (χ0v) is 13.4. The molecule has 4 heterocycles. The van der Waals surface area contributed by atoms with Gasteiger partial charge in [-0.3, -0.25) is 14.9 Å². The van der Waals surface area contributed by atoms with E-state index in [9.17, 15) is 0 Å². The molecule has 0 unspecified atom stereocenters. The van der Waals surface area contributed by atoms with Crippen molar-refractivity contribution in [2.75, 3.05) is 13.1 Å². The van der Waals surface area contributed by atoms with Crippen LogP contribution in [-0.2, 0) is 6.54 Å². The highest BCUT2D eigenvalue weighted by Gasteiger charge is 2.26. The van der Waals surface area contributed by atoms with Gasteiger partial charge < -0.3 is 4.42 Å². The summed E-state index contributed by atoms with van der Waals surface area (Å²) in [6.07, 6.45) is 9.39. The van der Waals surface area contributed by atoms with E-state index in [2.05, 4.69) is 37.2 Å². The molecule has 1 aliphatic heterocycles. The normalized spacial score (nSPS) is 18.6. The zero-order chi connectivity index (χ0) is 16.2. The molecular formula is C18H19N5O. The van der Waals surface area contributed by atoms with Crippen LogP contribution in [-0.4, -0.2) is 38.2 Å². The van der Waals surface area contributed by atoms with E-state index in [4.69, 9.17) is 4.42 Å². The van der Waals surface area contributed by atoms with Crippen molar-refractivity contribution in [2.45, 2.75) is 25.3 Å². The van der Waals surface area contributed by atoms with E-state index in [1.54, 1.807) is 12.4 Å². The van der Waals surface area contributed by atoms with Gasteiger partial charge in [0.05, 0.1) is 11.5 Å². The van der Waals surface area contributed by atoms with Gasteiger partial charge >= 0.3 is 0 Å². The van der Waals surface area contributed by atoms with E-state index in [0.717, 1.165) is 43.9 Å². The van der Waals surface area contributed by atoms with Crippen molar-refractivity contribution in [1.82, 2.24) is 25.1 Å². The quantitative estimate of drug-likeness (QED) is 0.736. The molecule has 6 nitrogen and oxygen atoms in total. The first-order chi connectivity index (χ1) is 11.9. The van der Waals surface area contributed by atoms with Crippen LogP contribution in [0.1, 0.15) is 30.2 Å². The van der Waals surface area contributed by atoms with Crippen LogP contribution in [0.15, 0.2) is 53.5 Å². The molecule has 1 aliphatic rings. The number of pyridine rings is 2. The Hall–Kier alpha value is -2.60. The summed E-state index contributed by atoms with van der Waals surface area (Å²) >= 11 is 0. The average Bonchev–Trinajstić information content (AvgIpc) is 3.14. The lowest BCUT2D eigenvalue weighted by molar-refractivity contribution is 0.186. The molecule has 0 bridgehead atoms. The number of piperidine rings is 1. The number of likely N-dealkylation sites (tertiary alicyclic amines) is 1. The van der Waals surface area contributed by atoms with Gasteiger partial charge in [0.15, 0.2) is 0 Å². The summed E-state index contributed by atoms with van der Waals surface area (Å²) < 4.78 is 5.91. The lowest BCUT2D eigenvalue weighted by atomic mass is 9.97. The summed E-state index contributed by atoms with van der Waals surface area (Å²) in [7, 11) is 0. The Morgan fingerprint density at radius 1 is 1.08 bits per heavy atom. The second-order valence-electron chi connectivity index (χ2n) is 6.12. The van der Waals surface area contributed by atoms with Gasteiger partial charge in [-0.25, -0.2) is 0 Å². The molecule has 4 rings (SSSR count). The lowest BCUT2D eigenvalue weighted by Gasteiger charge is -2.30.